The smallest absolute Gasteiger partial charge is 0.0616 e. The summed E-state index contributed by atoms with van der Waals surface area (Å²) in [7, 11) is 0. The van der Waals surface area contributed by atoms with E-state index in [1.807, 2.05) is 0 Å². The van der Waals surface area contributed by atoms with Crippen molar-refractivity contribution in [1.29, 1.82) is 0 Å². The molecule has 2 rings (SSSR count). The molecule has 0 bridgehead atoms. The van der Waals surface area contributed by atoms with E-state index in [2.05, 4.69) is 41.9 Å². The number of hydrogen-bond acceptors (Lipinski definition) is 0. The van der Waals surface area contributed by atoms with Crippen molar-refractivity contribution in [2.45, 2.75) is 32.1 Å². The number of benzene rings is 1. The molecule has 14 heavy (non-hydrogen) atoms. The summed E-state index contributed by atoms with van der Waals surface area (Å²) in [5.74, 6) is 0.718. The zero-order valence-corrected chi connectivity index (χ0v) is 10.8. The molecule has 1 aliphatic carbocycles. The van der Waals surface area contributed by atoms with Gasteiger partial charge in [0.1, 0.15) is 0 Å². The highest BCUT2D eigenvalue weighted by atomic mass is 79.9. The SMILES string of the molecule is Cc1cc(C(Cl)C2CC2)c(C)cc1Br. The van der Waals surface area contributed by atoms with Crippen LogP contribution in [0, 0.1) is 19.8 Å². The predicted octanol–water partition coefficient (Wildman–Crippen LogP) is 4.76. The fraction of sp³-hybridized carbons (Fsp3) is 0.500. The molecule has 76 valence electrons. The maximum absolute atomic E-state index is 6.42. The summed E-state index contributed by atoms with van der Waals surface area (Å²) >= 11 is 9.96. The van der Waals surface area contributed by atoms with Crippen molar-refractivity contribution in [2.75, 3.05) is 0 Å². The lowest BCUT2D eigenvalue weighted by molar-refractivity contribution is 0.790. The molecule has 0 radical (unpaired) electrons. The van der Waals surface area contributed by atoms with Gasteiger partial charge in [0.05, 0.1) is 5.38 Å². The Morgan fingerprint density at radius 2 is 1.93 bits per heavy atom. The molecule has 1 fully saturated rings. The number of aryl methyl sites for hydroxylation is 2. The van der Waals surface area contributed by atoms with E-state index in [9.17, 15) is 0 Å². The van der Waals surface area contributed by atoms with E-state index in [4.69, 9.17) is 11.6 Å². The minimum atomic E-state index is 0.224. The molecule has 0 spiro atoms. The van der Waals surface area contributed by atoms with Gasteiger partial charge < -0.3 is 0 Å². The Kier molecular flexibility index (Phi) is 2.90. The molecule has 1 atom stereocenters. The predicted molar refractivity (Wildman–Crippen MR) is 64.9 cm³/mol. The van der Waals surface area contributed by atoms with Crippen LogP contribution in [0.4, 0.5) is 0 Å². The molecule has 0 amide bonds. The zero-order chi connectivity index (χ0) is 10.3. The van der Waals surface area contributed by atoms with Gasteiger partial charge in [0.2, 0.25) is 0 Å². The third kappa shape index (κ3) is 1.99. The minimum Gasteiger partial charge on any atom is -0.118 e. The fourth-order valence-corrected chi connectivity index (χ4v) is 2.69. The average molecular weight is 274 g/mol. The van der Waals surface area contributed by atoms with Gasteiger partial charge in [-0.25, -0.2) is 0 Å². The monoisotopic (exact) mass is 272 g/mol. The van der Waals surface area contributed by atoms with Gasteiger partial charge in [0.25, 0.3) is 0 Å². The highest BCUT2D eigenvalue weighted by Gasteiger charge is 2.31. The molecule has 1 aliphatic rings. The topological polar surface area (TPSA) is 0 Å². The van der Waals surface area contributed by atoms with E-state index in [1.165, 1.54) is 34.0 Å². The first-order valence-corrected chi connectivity index (χ1v) is 6.23. The van der Waals surface area contributed by atoms with Gasteiger partial charge in [0, 0.05) is 4.47 Å². The fourth-order valence-electron chi connectivity index (χ4n) is 1.74. The Balaban J connectivity index is 2.36. The average Bonchev–Trinajstić information content (AvgIpc) is 2.93. The van der Waals surface area contributed by atoms with Crippen molar-refractivity contribution in [3.8, 4) is 0 Å². The lowest BCUT2D eigenvalue weighted by Crippen LogP contribution is -1.97. The van der Waals surface area contributed by atoms with Crippen LogP contribution in [0.5, 0.6) is 0 Å². The molecule has 0 N–H and O–H groups in total. The lowest BCUT2D eigenvalue weighted by Gasteiger charge is -2.13. The second kappa shape index (κ2) is 3.86. The van der Waals surface area contributed by atoms with Crippen molar-refractivity contribution in [3.63, 3.8) is 0 Å². The van der Waals surface area contributed by atoms with Crippen molar-refractivity contribution < 1.29 is 0 Å². The highest BCUT2D eigenvalue weighted by Crippen LogP contribution is 2.46. The third-order valence-corrected chi connectivity index (χ3v) is 4.33. The van der Waals surface area contributed by atoms with Crippen molar-refractivity contribution >= 4 is 27.5 Å². The van der Waals surface area contributed by atoms with E-state index in [-0.39, 0.29) is 5.38 Å². The molecule has 1 aromatic rings. The number of rotatable bonds is 2. The third-order valence-electron chi connectivity index (χ3n) is 2.88. The first-order valence-electron chi connectivity index (χ1n) is 5.00. The molecule has 2 heteroatoms. The molecule has 1 aromatic carbocycles. The van der Waals surface area contributed by atoms with Crippen LogP contribution in [0.25, 0.3) is 0 Å². The molecule has 0 aliphatic heterocycles. The van der Waals surface area contributed by atoms with Gasteiger partial charge in [0.15, 0.2) is 0 Å². The summed E-state index contributed by atoms with van der Waals surface area (Å²) in [5, 5.41) is 0.224. The molecule has 0 nitrogen and oxygen atoms in total. The maximum Gasteiger partial charge on any atom is 0.0616 e. The zero-order valence-electron chi connectivity index (χ0n) is 8.48. The van der Waals surface area contributed by atoms with Crippen LogP contribution in [0.2, 0.25) is 0 Å². The van der Waals surface area contributed by atoms with E-state index >= 15 is 0 Å². The van der Waals surface area contributed by atoms with Gasteiger partial charge in [-0.1, -0.05) is 22.0 Å². The van der Waals surface area contributed by atoms with Gasteiger partial charge in [-0.05, 0) is 55.4 Å². The highest BCUT2D eigenvalue weighted by molar-refractivity contribution is 9.10. The standard InChI is InChI=1S/C12H14BrCl/c1-7-6-11(13)8(2)5-10(7)12(14)9-3-4-9/h5-6,9,12H,3-4H2,1-2H3. The first kappa shape index (κ1) is 10.5. The van der Waals surface area contributed by atoms with E-state index in [1.54, 1.807) is 0 Å². The normalized spacial score (nSPS) is 18.3. The van der Waals surface area contributed by atoms with Crippen LogP contribution < -0.4 is 0 Å². The maximum atomic E-state index is 6.42. The van der Waals surface area contributed by atoms with Gasteiger partial charge in [-0.2, -0.15) is 0 Å². The van der Waals surface area contributed by atoms with E-state index in [0.29, 0.717) is 0 Å². The molecular weight excluding hydrogens is 259 g/mol. The van der Waals surface area contributed by atoms with Crippen molar-refractivity contribution in [1.82, 2.24) is 0 Å². The van der Waals surface area contributed by atoms with E-state index < -0.39 is 0 Å². The minimum absolute atomic E-state index is 0.224. The Hall–Kier alpha value is -0.0100. The molecule has 0 saturated heterocycles. The Bertz CT molecular complexity index is 356. The first-order chi connectivity index (χ1) is 6.59. The summed E-state index contributed by atoms with van der Waals surface area (Å²) in [4.78, 5) is 0. The molecule has 0 aromatic heterocycles. The van der Waals surface area contributed by atoms with Crippen LogP contribution in [0.15, 0.2) is 16.6 Å². The molecule has 1 saturated carbocycles. The lowest BCUT2D eigenvalue weighted by atomic mass is 10.0. The van der Waals surface area contributed by atoms with Crippen LogP contribution >= 0.6 is 27.5 Å². The van der Waals surface area contributed by atoms with Gasteiger partial charge >= 0.3 is 0 Å². The summed E-state index contributed by atoms with van der Waals surface area (Å²) in [6, 6.07) is 4.39. The Morgan fingerprint density at radius 3 is 2.50 bits per heavy atom. The second-order valence-electron chi connectivity index (χ2n) is 4.20. The van der Waals surface area contributed by atoms with Crippen LogP contribution in [-0.2, 0) is 0 Å². The molecule has 0 heterocycles. The molecular formula is C12H14BrCl. The Morgan fingerprint density at radius 1 is 1.29 bits per heavy atom. The van der Waals surface area contributed by atoms with Crippen LogP contribution in [-0.4, -0.2) is 0 Å². The van der Waals surface area contributed by atoms with Gasteiger partial charge in [-0.15, -0.1) is 11.6 Å². The quantitative estimate of drug-likeness (QED) is 0.682. The molecule has 1 unspecified atom stereocenters. The number of hydrogen-bond donors (Lipinski definition) is 0. The summed E-state index contributed by atoms with van der Waals surface area (Å²) < 4.78 is 1.18. The van der Waals surface area contributed by atoms with Crippen molar-refractivity contribution in [2.24, 2.45) is 5.92 Å². The largest absolute Gasteiger partial charge is 0.118 e. The van der Waals surface area contributed by atoms with Crippen molar-refractivity contribution in [3.05, 3.63) is 33.3 Å². The van der Waals surface area contributed by atoms with Crippen LogP contribution in [0.3, 0.4) is 0 Å². The van der Waals surface area contributed by atoms with E-state index in [0.717, 1.165) is 5.92 Å². The summed E-state index contributed by atoms with van der Waals surface area (Å²) in [6.45, 7) is 4.25. The van der Waals surface area contributed by atoms with Crippen LogP contribution in [0.1, 0.15) is 34.9 Å². The number of alkyl halides is 1. The Labute approximate surface area is 98.8 Å². The number of halogens is 2. The summed E-state index contributed by atoms with van der Waals surface area (Å²) in [5.41, 5.74) is 3.89. The second-order valence-corrected chi connectivity index (χ2v) is 5.52. The van der Waals surface area contributed by atoms with Gasteiger partial charge in [-0.3, -0.25) is 0 Å². The summed E-state index contributed by atoms with van der Waals surface area (Å²) in [6.07, 6.45) is 2.59.